The smallest absolute Gasteiger partial charge is 0.217 e. The highest BCUT2D eigenvalue weighted by Crippen LogP contribution is 2.55. The number of carbonyl (C=O) groups is 1. The molecule has 1 N–H and O–H groups in total. The molecular formula is C11H19NO. The average Bonchev–Trinajstić information content (AvgIpc) is 2.53. The summed E-state index contributed by atoms with van der Waals surface area (Å²) in [5.41, 5.74) is 0.328. The third-order valence-corrected chi connectivity index (χ3v) is 4.16. The van der Waals surface area contributed by atoms with Crippen molar-refractivity contribution in [3.05, 3.63) is 0 Å². The van der Waals surface area contributed by atoms with Gasteiger partial charge in [0, 0.05) is 13.0 Å². The van der Waals surface area contributed by atoms with Gasteiger partial charge in [0.2, 0.25) is 5.91 Å². The second-order valence-corrected chi connectivity index (χ2v) is 5.27. The Balaban J connectivity index is 2.14. The Labute approximate surface area is 80.1 Å². The molecule has 2 heteroatoms. The molecule has 2 saturated carbocycles. The molecule has 0 saturated heterocycles. The van der Waals surface area contributed by atoms with Crippen molar-refractivity contribution in [2.45, 2.75) is 46.1 Å². The van der Waals surface area contributed by atoms with Gasteiger partial charge in [-0.15, -0.1) is 0 Å². The standard InChI is InChI=1S/C11H19NO/c1-7(13)12-10-8-4-5-9(6-8)11(10,2)3/h8-10H,4-6H2,1-3H3,(H,12,13)/t8-,9+,10+/m0/s1. The average molecular weight is 181 g/mol. The number of fused-ring (bicyclic) bond motifs is 2. The Kier molecular flexibility index (Phi) is 1.90. The van der Waals surface area contributed by atoms with Gasteiger partial charge in [-0.05, 0) is 36.5 Å². The number of carbonyl (C=O) groups excluding carboxylic acids is 1. The van der Waals surface area contributed by atoms with Crippen LogP contribution in [0.25, 0.3) is 0 Å². The van der Waals surface area contributed by atoms with Crippen molar-refractivity contribution in [1.29, 1.82) is 0 Å². The van der Waals surface area contributed by atoms with Crippen molar-refractivity contribution in [3.8, 4) is 0 Å². The predicted molar refractivity (Wildman–Crippen MR) is 52.2 cm³/mol. The lowest BCUT2D eigenvalue weighted by Gasteiger charge is -2.38. The number of amides is 1. The molecule has 0 aliphatic heterocycles. The van der Waals surface area contributed by atoms with Gasteiger partial charge in [-0.3, -0.25) is 4.79 Å². The van der Waals surface area contributed by atoms with Gasteiger partial charge in [-0.25, -0.2) is 0 Å². The summed E-state index contributed by atoms with van der Waals surface area (Å²) in [6.07, 6.45) is 4.02. The van der Waals surface area contributed by atoms with Crippen molar-refractivity contribution < 1.29 is 4.79 Å². The molecule has 0 aromatic carbocycles. The van der Waals surface area contributed by atoms with E-state index in [1.54, 1.807) is 6.92 Å². The van der Waals surface area contributed by atoms with Gasteiger partial charge in [0.25, 0.3) is 0 Å². The highest BCUT2D eigenvalue weighted by atomic mass is 16.1. The normalized spacial score (nSPS) is 40.7. The van der Waals surface area contributed by atoms with Crippen LogP contribution in [-0.2, 0) is 4.79 Å². The second-order valence-electron chi connectivity index (χ2n) is 5.27. The molecule has 3 atom stereocenters. The SMILES string of the molecule is CC(=O)N[C@@H]1[C@H]2CC[C@H](C2)C1(C)C. The zero-order valence-electron chi connectivity index (χ0n) is 8.76. The van der Waals surface area contributed by atoms with Crippen LogP contribution in [0.15, 0.2) is 0 Å². The summed E-state index contributed by atoms with van der Waals surface area (Å²) in [5, 5.41) is 3.12. The van der Waals surface area contributed by atoms with Gasteiger partial charge in [-0.1, -0.05) is 13.8 Å². The second kappa shape index (κ2) is 2.73. The van der Waals surface area contributed by atoms with Gasteiger partial charge in [0.05, 0.1) is 0 Å². The van der Waals surface area contributed by atoms with Crippen LogP contribution in [0, 0.1) is 17.3 Å². The topological polar surface area (TPSA) is 29.1 Å². The minimum Gasteiger partial charge on any atom is -0.353 e. The maximum absolute atomic E-state index is 11.1. The molecule has 0 aromatic heterocycles. The largest absolute Gasteiger partial charge is 0.353 e. The Morgan fingerprint density at radius 3 is 2.54 bits per heavy atom. The first-order valence-electron chi connectivity index (χ1n) is 5.29. The Hall–Kier alpha value is -0.530. The first-order chi connectivity index (χ1) is 6.01. The molecule has 2 fully saturated rings. The fourth-order valence-electron chi connectivity index (χ4n) is 3.38. The summed E-state index contributed by atoms with van der Waals surface area (Å²) in [7, 11) is 0. The molecule has 2 aliphatic rings. The summed E-state index contributed by atoms with van der Waals surface area (Å²) in [4.78, 5) is 11.1. The molecule has 0 heterocycles. The molecule has 2 rings (SSSR count). The molecule has 0 spiro atoms. The molecule has 1 amide bonds. The van der Waals surface area contributed by atoms with Crippen molar-refractivity contribution in [1.82, 2.24) is 5.32 Å². The third-order valence-electron chi connectivity index (χ3n) is 4.16. The lowest BCUT2D eigenvalue weighted by Crippen LogP contribution is -2.47. The molecule has 2 bridgehead atoms. The molecular weight excluding hydrogens is 162 g/mol. The van der Waals surface area contributed by atoms with E-state index in [-0.39, 0.29) is 5.91 Å². The van der Waals surface area contributed by atoms with Gasteiger partial charge >= 0.3 is 0 Å². The van der Waals surface area contributed by atoms with Crippen LogP contribution < -0.4 is 5.32 Å². The van der Waals surface area contributed by atoms with Gasteiger partial charge in [-0.2, -0.15) is 0 Å². The van der Waals surface area contributed by atoms with Crippen LogP contribution >= 0.6 is 0 Å². The quantitative estimate of drug-likeness (QED) is 0.658. The van der Waals surface area contributed by atoms with E-state index in [9.17, 15) is 4.79 Å². The lowest BCUT2D eigenvalue weighted by molar-refractivity contribution is -0.121. The number of nitrogens with one attached hydrogen (secondary N) is 1. The van der Waals surface area contributed by atoms with Crippen LogP contribution in [0.2, 0.25) is 0 Å². The minimum absolute atomic E-state index is 0.130. The highest BCUT2D eigenvalue weighted by molar-refractivity contribution is 5.73. The summed E-state index contributed by atoms with van der Waals surface area (Å²) in [6, 6.07) is 0.434. The van der Waals surface area contributed by atoms with Gasteiger partial charge in [0.1, 0.15) is 0 Å². The van der Waals surface area contributed by atoms with E-state index in [1.807, 2.05) is 0 Å². The summed E-state index contributed by atoms with van der Waals surface area (Å²) in [6.45, 7) is 6.23. The van der Waals surface area contributed by atoms with E-state index in [2.05, 4.69) is 19.2 Å². The van der Waals surface area contributed by atoms with Crippen LogP contribution in [0.1, 0.15) is 40.0 Å². The summed E-state index contributed by atoms with van der Waals surface area (Å²) >= 11 is 0. The third kappa shape index (κ3) is 1.27. The molecule has 13 heavy (non-hydrogen) atoms. The van der Waals surface area contributed by atoms with Crippen LogP contribution in [0.4, 0.5) is 0 Å². The van der Waals surface area contributed by atoms with E-state index in [0.29, 0.717) is 11.5 Å². The summed E-state index contributed by atoms with van der Waals surface area (Å²) < 4.78 is 0. The Morgan fingerprint density at radius 1 is 1.38 bits per heavy atom. The number of rotatable bonds is 1. The minimum atomic E-state index is 0.130. The van der Waals surface area contributed by atoms with Crippen LogP contribution in [0.3, 0.4) is 0 Å². The van der Waals surface area contributed by atoms with Crippen molar-refractivity contribution in [2.75, 3.05) is 0 Å². The van der Waals surface area contributed by atoms with Gasteiger partial charge in [0.15, 0.2) is 0 Å². The first kappa shape index (κ1) is 9.04. The maximum Gasteiger partial charge on any atom is 0.217 e. The van der Waals surface area contributed by atoms with Crippen molar-refractivity contribution in [3.63, 3.8) is 0 Å². The zero-order chi connectivity index (χ0) is 9.64. The molecule has 2 nitrogen and oxygen atoms in total. The van der Waals surface area contributed by atoms with Crippen molar-refractivity contribution in [2.24, 2.45) is 17.3 Å². The lowest BCUT2D eigenvalue weighted by atomic mass is 9.73. The van der Waals surface area contributed by atoms with E-state index in [0.717, 1.165) is 11.8 Å². The molecule has 74 valence electrons. The highest BCUT2D eigenvalue weighted by Gasteiger charge is 2.52. The Morgan fingerprint density at radius 2 is 2.08 bits per heavy atom. The van der Waals surface area contributed by atoms with E-state index >= 15 is 0 Å². The predicted octanol–water partition coefficient (Wildman–Crippen LogP) is 1.95. The van der Waals surface area contributed by atoms with Crippen LogP contribution in [-0.4, -0.2) is 11.9 Å². The number of hydrogen-bond donors (Lipinski definition) is 1. The fourth-order valence-corrected chi connectivity index (χ4v) is 3.38. The first-order valence-corrected chi connectivity index (χ1v) is 5.29. The zero-order valence-corrected chi connectivity index (χ0v) is 8.76. The monoisotopic (exact) mass is 181 g/mol. The van der Waals surface area contributed by atoms with E-state index < -0.39 is 0 Å². The fraction of sp³-hybridized carbons (Fsp3) is 0.909. The molecule has 2 aliphatic carbocycles. The van der Waals surface area contributed by atoms with Gasteiger partial charge < -0.3 is 5.32 Å². The maximum atomic E-state index is 11.1. The van der Waals surface area contributed by atoms with Crippen molar-refractivity contribution >= 4 is 5.91 Å². The van der Waals surface area contributed by atoms with E-state index in [4.69, 9.17) is 0 Å². The molecule has 0 unspecified atom stereocenters. The number of hydrogen-bond acceptors (Lipinski definition) is 1. The summed E-state index contributed by atoms with van der Waals surface area (Å²) in [5.74, 6) is 1.73. The molecule has 0 aromatic rings. The van der Waals surface area contributed by atoms with Crippen LogP contribution in [0.5, 0.6) is 0 Å². The molecule has 0 radical (unpaired) electrons. The Bertz CT molecular complexity index is 234. The van der Waals surface area contributed by atoms with E-state index in [1.165, 1.54) is 19.3 Å².